The van der Waals surface area contributed by atoms with Gasteiger partial charge in [0.15, 0.2) is 11.9 Å². The molecule has 0 unspecified atom stereocenters. The number of nitrogens with zero attached hydrogens (tertiary/aromatic N) is 1. The molecule has 2 amide bonds. The summed E-state index contributed by atoms with van der Waals surface area (Å²) in [6.07, 6.45) is -0.314. The third kappa shape index (κ3) is 4.49. The highest BCUT2D eigenvalue weighted by Gasteiger charge is 2.40. The van der Waals surface area contributed by atoms with Gasteiger partial charge in [0, 0.05) is 27.2 Å². The standard InChI is InChI=1S/C18H26N2O5/c1-12-6-7-14-13(10-12)20(17(22)18(2,3)25-14)9-8-15(21)19-11-16(23-4)24-5/h6-7,10,16H,8-9,11H2,1-5H3,(H,19,21). The number of rotatable bonds is 7. The smallest absolute Gasteiger partial charge is 0.270 e. The molecule has 1 heterocycles. The summed E-state index contributed by atoms with van der Waals surface area (Å²) in [6.45, 7) is 5.94. The summed E-state index contributed by atoms with van der Waals surface area (Å²) in [5.41, 5.74) is 0.756. The van der Waals surface area contributed by atoms with Gasteiger partial charge in [-0.2, -0.15) is 0 Å². The molecular weight excluding hydrogens is 324 g/mol. The van der Waals surface area contributed by atoms with E-state index in [-0.39, 0.29) is 31.3 Å². The number of ether oxygens (including phenoxy) is 3. The highest BCUT2D eigenvalue weighted by Crippen LogP contribution is 2.38. The Balaban J connectivity index is 2.06. The van der Waals surface area contributed by atoms with Crippen LogP contribution in [-0.2, 0) is 19.1 Å². The van der Waals surface area contributed by atoms with Gasteiger partial charge in [-0.25, -0.2) is 0 Å². The zero-order chi connectivity index (χ0) is 18.6. The van der Waals surface area contributed by atoms with E-state index in [1.165, 1.54) is 14.2 Å². The molecule has 7 heteroatoms. The maximum atomic E-state index is 12.7. The van der Waals surface area contributed by atoms with Gasteiger partial charge in [0.2, 0.25) is 5.91 Å². The minimum atomic E-state index is -0.962. The van der Waals surface area contributed by atoms with Crippen molar-refractivity contribution in [1.82, 2.24) is 5.32 Å². The van der Waals surface area contributed by atoms with Crippen LogP contribution in [0.1, 0.15) is 25.8 Å². The van der Waals surface area contributed by atoms with E-state index in [0.29, 0.717) is 11.4 Å². The molecule has 1 aromatic carbocycles. The molecule has 1 aromatic rings. The molecule has 0 atom stereocenters. The van der Waals surface area contributed by atoms with Crippen LogP contribution < -0.4 is 15.0 Å². The molecule has 0 saturated carbocycles. The average molecular weight is 350 g/mol. The van der Waals surface area contributed by atoms with Crippen LogP contribution in [0.15, 0.2) is 18.2 Å². The zero-order valence-electron chi connectivity index (χ0n) is 15.4. The van der Waals surface area contributed by atoms with Crippen molar-refractivity contribution in [1.29, 1.82) is 0 Å². The van der Waals surface area contributed by atoms with Crippen molar-refractivity contribution in [3.63, 3.8) is 0 Å². The predicted octanol–water partition coefficient (Wildman–Crippen LogP) is 1.62. The Hall–Kier alpha value is -2.12. The van der Waals surface area contributed by atoms with Crippen molar-refractivity contribution in [2.24, 2.45) is 0 Å². The maximum Gasteiger partial charge on any atom is 0.270 e. The first-order valence-electron chi connectivity index (χ1n) is 8.22. The van der Waals surface area contributed by atoms with E-state index >= 15 is 0 Å². The molecule has 1 aliphatic heterocycles. The molecule has 0 aromatic heterocycles. The summed E-state index contributed by atoms with van der Waals surface area (Å²) in [5.74, 6) is 0.310. The molecule has 138 valence electrons. The lowest BCUT2D eigenvalue weighted by Crippen LogP contribution is -2.53. The quantitative estimate of drug-likeness (QED) is 0.756. The van der Waals surface area contributed by atoms with Crippen LogP contribution in [0.25, 0.3) is 0 Å². The van der Waals surface area contributed by atoms with Gasteiger partial charge in [0.25, 0.3) is 5.91 Å². The number of carbonyl (C=O) groups is 2. The predicted molar refractivity (Wildman–Crippen MR) is 93.7 cm³/mol. The largest absolute Gasteiger partial charge is 0.476 e. The van der Waals surface area contributed by atoms with Gasteiger partial charge < -0.3 is 24.4 Å². The van der Waals surface area contributed by atoms with E-state index in [9.17, 15) is 9.59 Å². The monoisotopic (exact) mass is 350 g/mol. The molecule has 0 aliphatic carbocycles. The number of methoxy groups -OCH3 is 2. The molecule has 1 aliphatic rings. The second-order valence-corrected chi connectivity index (χ2v) is 6.50. The summed E-state index contributed by atoms with van der Waals surface area (Å²) < 4.78 is 15.9. The maximum absolute atomic E-state index is 12.7. The SMILES string of the molecule is COC(CNC(=O)CCN1C(=O)C(C)(C)Oc2ccc(C)cc21)OC. The van der Waals surface area contributed by atoms with Crippen LogP contribution in [0, 0.1) is 6.92 Å². The van der Waals surface area contributed by atoms with Crippen LogP contribution in [0.5, 0.6) is 5.75 Å². The number of nitrogens with one attached hydrogen (secondary N) is 1. The van der Waals surface area contributed by atoms with Crippen LogP contribution in [0.3, 0.4) is 0 Å². The first-order chi connectivity index (χ1) is 11.8. The molecular formula is C18H26N2O5. The fourth-order valence-corrected chi connectivity index (χ4v) is 2.66. The van der Waals surface area contributed by atoms with E-state index < -0.39 is 11.9 Å². The van der Waals surface area contributed by atoms with Crippen molar-refractivity contribution >= 4 is 17.5 Å². The Morgan fingerprint density at radius 2 is 2.00 bits per heavy atom. The third-order valence-electron chi connectivity index (χ3n) is 4.08. The minimum absolute atomic E-state index is 0.162. The van der Waals surface area contributed by atoms with Gasteiger partial charge in [0.05, 0.1) is 12.2 Å². The van der Waals surface area contributed by atoms with Gasteiger partial charge >= 0.3 is 0 Å². The van der Waals surface area contributed by atoms with E-state index in [4.69, 9.17) is 14.2 Å². The Morgan fingerprint density at radius 1 is 1.32 bits per heavy atom. The number of hydrogen-bond donors (Lipinski definition) is 1. The summed E-state index contributed by atoms with van der Waals surface area (Å²) in [7, 11) is 3.02. The number of hydrogen-bond acceptors (Lipinski definition) is 5. The lowest BCUT2D eigenvalue weighted by molar-refractivity contribution is -0.133. The lowest BCUT2D eigenvalue weighted by Gasteiger charge is -2.39. The summed E-state index contributed by atoms with van der Waals surface area (Å²) >= 11 is 0. The molecule has 0 fully saturated rings. The van der Waals surface area contributed by atoms with Crippen LogP contribution in [-0.4, -0.2) is 51.0 Å². The fourth-order valence-electron chi connectivity index (χ4n) is 2.66. The molecule has 0 saturated heterocycles. The van der Waals surface area contributed by atoms with Crippen LogP contribution in [0.2, 0.25) is 0 Å². The Kier molecular flexibility index (Phi) is 6.02. The number of fused-ring (bicyclic) bond motifs is 1. The van der Waals surface area contributed by atoms with E-state index in [1.807, 2.05) is 25.1 Å². The van der Waals surface area contributed by atoms with Crippen LogP contribution >= 0.6 is 0 Å². The summed E-state index contributed by atoms with van der Waals surface area (Å²) in [5, 5.41) is 2.74. The summed E-state index contributed by atoms with van der Waals surface area (Å²) in [6, 6.07) is 5.69. The van der Waals surface area contributed by atoms with Crippen LogP contribution in [0.4, 0.5) is 5.69 Å². The normalized spacial score (nSPS) is 15.8. The van der Waals surface area contributed by atoms with Gasteiger partial charge in [-0.3, -0.25) is 9.59 Å². The number of amides is 2. The fraction of sp³-hybridized carbons (Fsp3) is 0.556. The average Bonchev–Trinajstić information content (AvgIpc) is 2.57. The summed E-state index contributed by atoms with van der Waals surface area (Å²) in [4.78, 5) is 26.4. The molecule has 1 N–H and O–H groups in total. The minimum Gasteiger partial charge on any atom is -0.476 e. The lowest BCUT2D eigenvalue weighted by atomic mass is 10.0. The Bertz CT molecular complexity index is 640. The third-order valence-corrected chi connectivity index (χ3v) is 4.08. The Labute approximate surface area is 148 Å². The van der Waals surface area contributed by atoms with Crippen molar-refractivity contribution in [2.75, 3.05) is 32.2 Å². The number of aryl methyl sites for hydroxylation is 1. The first-order valence-corrected chi connectivity index (χ1v) is 8.22. The zero-order valence-corrected chi connectivity index (χ0v) is 15.4. The van der Waals surface area contributed by atoms with E-state index in [1.54, 1.807) is 18.7 Å². The first kappa shape index (κ1) is 19.2. The topological polar surface area (TPSA) is 77.1 Å². The second kappa shape index (κ2) is 7.84. The highest BCUT2D eigenvalue weighted by atomic mass is 16.7. The second-order valence-electron chi connectivity index (χ2n) is 6.50. The molecule has 0 radical (unpaired) electrons. The molecule has 0 spiro atoms. The number of carbonyl (C=O) groups excluding carboxylic acids is 2. The van der Waals surface area contributed by atoms with E-state index in [2.05, 4.69) is 5.32 Å². The van der Waals surface area contributed by atoms with Crippen molar-refractivity contribution in [2.45, 2.75) is 39.1 Å². The molecule has 7 nitrogen and oxygen atoms in total. The highest BCUT2D eigenvalue weighted by molar-refractivity contribution is 6.02. The van der Waals surface area contributed by atoms with Gasteiger partial charge in [-0.15, -0.1) is 0 Å². The molecule has 0 bridgehead atoms. The van der Waals surface area contributed by atoms with Crippen molar-refractivity contribution in [3.8, 4) is 5.75 Å². The van der Waals surface area contributed by atoms with Gasteiger partial charge in [-0.1, -0.05) is 6.07 Å². The number of anilines is 1. The van der Waals surface area contributed by atoms with Crippen molar-refractivity contribution < 1.29 is 23.8 Å². The Morgan fingerprint density at radius 3 is 2.64 bits per heavy atom. The number of benzene rings is 1. The molecule has 2 rings (SSSR count). The molecule has 25 heavy (non-hydrogen) atoms. The van der Waals surface area contributed by atoms with Gasteiger partial charge in [0.1, 0.15) is 5.75 Å². The van der Waals surface area contributed by atoms with Crippen molar-refractivity contribution in [3.05, 3.63) is 23.8 Å². The van der Waals surface area contributed by atoms with E-state index in [0.717, 1.165) is 5.56 Å². The van der Waals surface area contributed by atoms with Gasteiger partial charge in [-0.05, 0) is 38.5 Å².